The predicted molar refractivity (Wildman–Crippen MR) is 64.6 cm³/mol. The van der Waals surface area contributed by atoms with Gasteiger partial charge in [-0.3, -0.25) is 9.69 Å². The molecule has 88 valence electrons. The van der Waals surface area contributed by atoms with Gasteiger partial charge in [0.15, 0.2) is 0 Å². The average molecular weight is 221 g/mol. The molecule has 0 aromatic carbocycles. The van der Waals surface area contributed by atoms with Gasteiger partial charge in [-0.1, -0.05) is 6.07 Å². The number of rotatable bonds is 3. The van der Waals surface area contributed by atoms with Crippen molar-refractivity contribution in [1.82, 2.24) is 14.8 Å². The number of aromatic nitrogens is 1. The zero-order chi connectivity index (χ0) is 11.4. The molecule has 2 heterocycles. The van der Waals surface area contributed by atoms with Crippen molar-refractivity contribution in [2.75, 3.05) is 26.2 Å². The fourth-order valence-corrected chi connectivity index (χ4v) is 2.11. The lowest BCUT2D eigenvalue weighted by Gasteiger charge is -2.31. The maximum atomic E-state index is 11.5. The van der Waals surface area contributed by atoms with Gasteiger partial charge in [0, 0.05) is 51.0 Å². The van der Waals surface area contributed by atoms with Gasteiger partial charge in [-0.2, -0.15) is 0 Å². The van der Waals surface area contributed by atoms with Crippen LogP contribution in [0.5, 0.6) is 0 Å². The smallest absolute Gasteiger partial charge is 0.250 e. The van der Waals surface area contributed by atoms with E-state index in [1.807, 2.05) is 12.3 Å². The molecular formula is C12H19N3O. The summed E-state index contributed by atoms with van der Waals surface area (Å²) < 4.78 is 1.77. The molecule has 1 aromatic heterocycles. The van der Waals surface area contributed by atoms with E-state index >= 15 is 0 Å². The molecule has 1 aliphatic rings. The molecule has 1 saturated heterocycles. The molecular weight excluding hydrogens is 202 g/mol. The van der Waals surface area contributed by atoms with E-state index in [4.69, 9.17) is 0 Å². The van der Waals surface area contributed by atoms with Crippen LogP contribution in [0.2, 0.25) is 0 Å². The Morgan fingerprint density at radius 2 is 2.31 bits per heavy atom. The minimum atomic E-state index is 0.0886. The van der Waals surface area contributed by atoms with E-state index in [0.717, 1.165) is 32.7 Å². The third-order valence-electron chi connectivity index (χ3n) is 3.01. The highest BCUT2D eigenvalue weighted by Gasteiger charge is 2.14. The Bertz CT molecular complexity index is 388. The van der Waals surface area contributed by atoms with Gasteiger partial charge in [0.2, 0.25) is 0 Å². The molecule has 0 radical (unpaired) electrons. The third-order valence-corrected chi connectivity index (χ3v) is 3.01. The Kier molecular flexibility index (Phi) is 3.74. The van der Waals surface area contributed by atoms with Crippen LogP contribution in [-0.4, -0.2) is 41.7 Å². The van der Waals surface area contributed by atoms with Crippen LogP contribution in [0.4, 0.5) is 0 Å². The lowest BCUT2D eigenvalue weighted by atomic mass is 10.2. The predicted octanol–water partition coefficient (Wildman–Crippen LogP) is 0.142. The van der Waals surface area contributed by atoms with Crippen LogP contribution in [0, 0.1) is 0 Å². The molecule has 1 N–H and O–H groups in total. The number of hydrogen-bond donors (Lipinski definition) is 1. The second-order valence-electron chi connectivity index (χ2n) is 4.39. The summed E-state index contributed by atoms with van der Waals surface area (Å²) in [5.74, 6) is 0. The van der Waals surface area contributed by atoms with E-state index in [2.05, 4.69) is 17.1 Å². The zero-order valence-corrected chi connectivity index (χ0v) is 9.72. The topological polar surface area (TPSA) is 37.3 Å². The Balaban J connectivity index is 1.87. The second-order valence-corrected chi connectivity index (χ2v) is 4.39. The maximum Gasteiger partial charge on any atom is 0.250 e. The first-order chi connectivity index (χ1) is 7.75. The summed E-state index contributed by atoms with van der Waals surface area (Å²) in [4.78, 5) is 13.9. The first-order valence-electron chi connectivity index (χ1n) is 5.87. The van der Waals surface area contributed by atoms with Crippen LogP contribution in [0.15, 0.2) is 29.2 Å². The summed E-state index contributed by atoms with van der Waals surface area (Å²) in [5, 5.41) is 3.41. The molecule has 0 bridgehead atoms. The van der Waals surface area contributed by atoms with E-state index in [1.165, 1.54) is 0 Å². The number of hydrogen-bond acceptors (Lipinski definition) is 3. The molecule has 1 aromatic rings. The lowest BCUT2D eigenvalue weighted by molar-refractivity contribution is 0.200. The van der Waals surface area contributed by atoms with Gasteiger partial charge in [-0.15, -0.1) is 0 Å². The van der Waals surface area contributed by atoms with Gasteiger partial charge in [0.1, 0.15) is 0 Å². The van der Waals surface area contributed by atoms with Crippen LogP contribution >= 0.6 is 0 Å². The normalized spacial score (nSPS) is 22.2. The summed E-state index contributed by atoms with van der Waals surface area (Å²) in [6.45, 7) is 7.13. The molecule has 0 spiro atoms. The Hall–Kier alpha value is -1.13. The third kappa shape index (κ3) is 2.93. The zero-order valence-electron chi connectivity index (χ0n) is 9.72. The van der Waals surface area contributed by atoms with Crippen molar-refractivity contribution in [2.24, 2.45) is 0 Å². The first-order valence-corrected chi connectivity index (χ1v) is 5.87. The monoisotopic (exact) mass is 221 g/mol. The van der Waals surface area contributed by atoms with Crippen molar-refractivity contribution >= 4 is 0 Å². The number of nitrogens with zero attached hydrogens (tertiary/aromatic N) is 2. The highest BCUT2D eigenvalue weighted by molar-refractivity contribution is 4.93. The minimum Gasteiger partial charge on any atom is -0.314 e. The summed E-state index contributed by atoms with van der Waals surface area (Å²) in [7, 11) is 0. The van der Waals surface area contributed by atoms with Gasteiger partial charge in [-0.05, 0) is 13.0 Å². The molecule has 1 fully saturated rings. The molecule has 0 saturated carbocycles. The van der Waals surface area contributed by atoms with Crippen LogP contribution in [0.25, 0.3) is 0 Å². The highest BCUT2D eigenvalue weighted by Crippen LogP contribution is 1.98. The highest BCUT2D eigenvalue weighted by atomic mass is 16.1. The van der Waals surface area contributed by atoms with Crippen molar-refractivity contribution in [3.05, 3.63) is 34.7 Å². The second kappa shape index (κ2) is 5.27. The summed E-state index contributed by atoms with van der Waals surface area (Å²) in [6, 6.07) is 5.86. The van der Waals surface area contributed by atoms with Crippen LogP contribution in [0.1, 0.15) is 6.92 Å². The molecule has 0 unspecified atom stereocenters. The van der Waals surface area contributed by atoms with Crippen molar-refractivity contribution in [3.63, 3.8) is 0 Å². The van der Waals surface area contributed by atoms with Crippen LogP contribution in [-0.2, 0) is 6.54 Å². The molecule has 2 rings (SSSR count). The Morgan fingerprint density at radius 3 is 3.06 bits per heavy atom. The van der Waals surface area contributed by atoms with Gasteiger partial charge >= 0.3 is 0 Å². The molecule has 1 aliphatic heterocycles. The Labute approximate surface area is 95.9 Å². The van der Waals surface area contributed by atoms with Crippen molar-refractivity contribution in [1.29, 1.82) is 0 Å². The van der Waals surface area contributed by atoms with E-state index in [1.54, 1.807) is 16.7 Å². The maximum absolute atomic E-state index is 11.5. The molecule has 4 heteroatoms. The largest absolute Gasteiger partial charge is 0.314 e. The van der Waals surface area contributed by atoms with Crippen molar-refractivity contribution < 1.29 is 0 Å². The molecule has 0 aliphatic carbocycles. The Morgan fingerprint density at radius 1 is 1.44 bits per heavy atom. The number of pyridine rings is 1. The molecule has 16 heavy (non-hydrogen) atoms. The number of piperazine rings is 1. The summed E-state index contributed by atoms with van der Waals surface area (Å²) in [5.41, 5.74) is 0.0886. The SMILES string of the molecule is C[C@@H]1CN(CCn2ccccc2=O)CCN1. The summed E-state index contributed by atoms with van der Waals surface area (Å²) in [6.07, 6.45) is 1.86. The number of nitrogens with one attached hydrogen (secondary N) is 1. The van der Waals surface area contributed by atoms with E-state index in [0.29, 0.717) is 6.04 Å². The fraction of sp³-hybridized carbons (Fsp3) is 0.583. The lowest BCUT2D eigenvalue weighted by Crippen LogP contribution is -2.50. The van der Waals surface area contributed by atoms with Gasteiger partial charge < -0.3 is 9.88 Å². The minimum absolute atomic E-state index is 0.0886. The van der Waals surface area contributed by atoms with Gasteiger partial charge in [-0.25, -0.2) is 0 Å². The quantitative estimate of drug-likeness (QED) is 0.789. The van der Waals surface area contributed by atoms with E-state index < -0.39 is 0 Å². The van der Waals surface area contributed by atoms with Crippen molar-refractivity contribution in [3.8, 4) is 0 Å². The molecule has 0 amide bonds. The molecule has 1 atom stereocenters. The fourth-order valence-electron chi connectivity index (χ4n) is 2.11. The van der Waals surface area contributed by atoms with E-state index in [9.17, 15) is 4.79 Å². The van der Waals surface area contributed by atoms with Gasteiger partial charge in [0.25, 0.3) is 5.56 Å². The van der Waals surface area contributed by atoms with E-state index in [-0.39, 0.29) is 5.56 Å². The van der Waals surface area contributed by atoms with Crippen LogP contribution < -0.4 is 10.9 Å². The van der Waals surface area contributed by atoms with Crippen molar-refractivity contribution in [2.45, 2.75) is 19.5 Å². The van der Waals surface area contributed by atoms with Gasteiger partial charge in [0.05, 0.1) is 0 Å². The standard InChI is InChI=1S/C12H19N3O/c1-11-10-14(7-5-13-11)8-9-15-6-3-2-4-12(15)16/h2-4,6,11,13H,5,7-10H2,1H3/t11-/m1/s1. The average Bonchev–Trinajstić information content (AvgIpc) is 2.28. The first kappa shape index (κ1) is 11.4. The molecule has 4 nitrogen and oxygen atoms in total. The summed E-state index contributed by atoms with van der Waals surface area (Å²) >= 11 is 0. The van der Waals surface area contributed by atoms with Crippen LogP contribution in [0.3, 0.4) is 0 Å².